The highest BCUT2D eigenvalue weighted by molar-refractivity contribution is 6.31. The fourth-order valence-electron chi connectivity index (χ4n) is 2.56. The van der Waals surface area contributed by atoms with E-state index < -0.39 is 0 Å². The lowest BCUT2D eigenvalue weighted by molar-refractivity contribution is 0.0770. The van der Waals surface area contributed by atoms with E-state index in [2.05, 4.69) is 6.92 Å². The summed E-state index contributed by atoms with van der Waals surface area (Å²) in [6.45, 7) is 7.97. The van der Waals surface area contributed by atoms with Crippen LogP contribution in [0.5, 0.6) is 5.75 Å². The molecular formula is C16H23ClN2O2. The van der Waals surface area contributed by atoms with Crippen LogP contribution in [-0.2, 0) is 0 Å². The molecule has 1 fully saturated rings. The molecule has 1 aliphatic heterocycles. The molecule has 1 atom stereocenters. The number of amides is 1. The van der Waals surface area contributed by atoms with Crippen molar-refractivity contribution in [3.63, 3.8) is 0 Å². The number of nitrogens with two attached hydrogens (primary N) is 1. The predicted molar refractivity (Wildman–Crippen MR) is 84.9 cm³/mol. The Balaban J connectivity index is 2.25. The van der Waals surface area contributed by atoms with Crippen LogP contribution in [0.4, 0.5) is 0 Å². The largest absolute Gasteiger partial charge is 0.490 e. The SMILES string of the molecule is CC(C)Oc1ccc(Cl)cc1C(=O)N1CCC(C)(CN)C1. The number of rotatable bonds is 4. The fourth-order valence-corrected chi connectivity index (χ4v) is 2.73. The van der Waals surface area contributed by atoms with Crippen LogP contribution in [-0.4, -0.2) is 36.5 Å². The molecule has 1 aliphatic rings. The molecule has 116 valence electrons. The number of likely N-dealkylation sites (tertiary alicyclic amines) is 1. The molecule has 2 N–H and O–H groups in total. The van der Waals surface area contributed by atoms with Gasteiger partial charge >= 0.3 is 0 Å². The molecule has 1 heterocycles. The van der Waals surface area contributed by atoms with E-state index in [9.17, 15) is 4.79 Å². The van der Waals surface area contributed by atoms with Crippen LogP contribution in [0.2, 0.25) is 5.02 Å². The van der Waals surface area contributed by atoms with Gasteiger partial charge in [-0.15, -0.1) is 0 Å². The average Bonchev–Trinajstić information content (AvgIpc) is 2.83. The topological polar surface area (TPSA) is 55.6 Å². The summed E-state index contributed by atoms with van der Waals surface area (Å²) in [6.07, 6.45) is 0.932. The van der Waals surface area contributed by atoms with Gasteiger partial charge in [-0.1, -0.05) is 18.5 Å². The number of ether oxygens (including phenoxy) is 1. The molecule has 0 aliphatic carbocycles. The molecule has 21 heavy (non-hydrogen) atoms. The third-order valence-electron chi connectivity index (χ3n) is 3.87. The number of halogens is 1. The van der Waals surface area contributed by atoms with Gasteiger partial charge in [-0.2, -0.15) is 0 Å². The van der Waals surface area contributed by atoms with E-state index in [1.807, 2.05) is 18.7 Å². The van der Waals surface area contributed by atoms with E-state index in [0.717, 1.165) is 13.0 Å². The third kappa shape index (κ3) is 3.69. The number of carbonyl (C=O) groups is 1. The Kier molecular flexibility index (Phi) is 4.79. The first-order valence-electron chi connectivity index (χ1n) is 7.30. The van der Waals surface area contributed by atoms with E-state index in [1.165, 1.54) is 0 Å². The Labute approximate surface area is 131 Å². The number of benzene rings is 1. The Bertz CT molecular complexity index is 533. The van der Waals surface area contributed by atoms with Crippen LogP contribution < -0.4 is 10.5 Å². The van der Waals surface area contributed by atoms with Crippen molar-refractivity contribution in [3.8, 4) is 5.75 Å². The van der Waals surface area contributed by atoms with Gasteiger partial charge in [0.05, 0.1) is 11.7 Å². The second-order valence-corrected chi connectivity index (χ2v) is 6.74. The van der Waals surface area contributed by atoms with Crippen molar-refractivity contribution in [2.24, 2.45) is 11.1 Å². The molecule has 1 amide bonds. The van der Waals surface area contributed by atoms with Crippen LogP contribution in [0.15, 0.2) is 18.2 Å². The van der Waals surface area contributed by atoms with Crippen LogP contribution >= 0.6 is 11.6 Å². The number of hydrogen-bond donors (Lipinski definition) is 1. The summed E-state index contributed by atoms with van der Waals surface area (Å²) >= 11 is 6.04. The Hall–Kier alpha value is -1.26. The summed E-state index contributed by atoms with van der Waals surface area (Å²) in [5.41, 5.74) is 6.34. The van der Waals surface area contributed by atoms with Gasteiger partial charge in [-0.05, 0) is 50.4 Å². The maximum atomic E-state index is 12.8. The second kappa shape index (κ2) is 6.24. The average molecular weight is 311 g/mol. The molecule has 1 aromatic rings. The number of nitrogens with zero attached hydrogens (tertiary/aromatic N) is 1. The van der Waals surface area contributed by atoms with E-state index in [-0.39, 0.29) is 17.4 Å². The van der Waals surface area contributed by atoms with Gasteiger partial charge in [0.15, 0.2) is 0 Å². The first kappa shape index (κ1) is 16.1. The van der Waals surface area contributed by atoms with E-state index in [1.54, 1.807) is 18.2 Å². The van der Waals surface area contributed by atoms with Crippen molar-refractivity contribution < 1.29 is 9.53 Å². The van der Waals surface area contributed by atoms with Crippen molar-refractivity contribution in [2.75, 3.05) is 19.6 Å². The summed E-state index contributed by atoms with van der Waals surface area (Å²) in [4.78, 5) is 14.6. The minimum Gasteiger partial charge on any atom is -0.490 e. The zero-order valence-corrected chi connectivity index (χ0v) is 13.6. The zero-order valence-electron chi connectivity index (χ0n) is 12.9. The highest BCUT2D eigenvalue weighted by Gasteiger charge is 2.36. The minimum atomic E-state index is -0.0367. The lowest BCUT2D eigenvalue weighted by Gasteiger charge is -2.23. The molecule has 0 saturated carbocycles. The maximum Gasteiger partial charge on any atom is 0.257 e. The molecule has 0 bridgehead atoms. The highest BCUT2D eigenvalue weighted by Crippen LogP contribution is 2.32. The van der Waals surface area contributed by atoms with Gasteiger partial charge in [0.25, 0.3) is 5.91 Å². The van der Waals surface area contributed by atoms with Gasteiger partial charge in [-0.3, -0.25) is 4.79 Å². The predicted octanol–water partition coefficient (Wildman–Crippen LogP) is 2.94. The molecule has 1 unspecified atom stereocenters. The molecule has 0 spiro atoms. The monoisotopic (exact) mass is 310 g/mol. The van der Waals surface area contributed by atoms with E-state index >= 15 is 0 Å². The Morgan fingerprint density at radius 1 is 1.52 bits per heavy atom. The van der Waals surface area contributed by atoms with Gasteiger partial charge in [0.2, 0.25) is 0 Å². The van der Waals surface area contributed by atoms with Gasteiger partial charge in [-0.25, -0.2) is 0 Å². The summed E-state index contributed by atoms with van der Waals surface area (Å²) in [6, 6.07) is 5.18. The molecule has 4 nitrogen and oxygen atoms in total. The van der Waals surface area contributed by atoms with Gasteiger partial charge in [0, 0.05) is 18.1 Å². The van der Waals surface area contributed by atoms with Crippen molar-refractivity contribution >= 4 is 17.5 Å². The van der Waals surface area contributed by atoms with Gasteiger partial charge in [0.1, 0.15) is 5.75 Å². The smallest absolute Gasteiger partial charge is 0.257 e. The molecule has 0 radical (unpaired) electrons. The van der Waals surface area contributed by atoms with Crippen LogP contribution in [0.1, 0.15) is 37.6 Å². The zero-order chi connectivity index (χ0) is 15.6. The van der Waals surface area contributed by atoms with Crippen molar-refractivity contribution in [2.45, 2.75) is 33.3 Å². The number of hydrogen-bond acceptors (Lipinski definition) is 3. The second-order valence-electron chi connectivity index (χ2n) is 6.30. The lowest BCUT2D eigenvalue weighted by Crippen LogP contribution is -2.34. The van der Waals surface area contributed by atoms with E-state index in [4.69, 9.17) is 22.1 Å². The van der Waals surface area contributed by atoms with Crippen LogP contribution in [0.3, 0.4) is 0 Å². The Morgan fingerprint density at radius 2 is 2.24 bits per heavy atom. The summed E-state index contributed by atoms with van der Waals surface area (Å²) in [5, 5.41) is 0.537. The molecular weight excluding hydrogens is 288 g/mol. The van der Waals surface area contributed by atoms with Crippen molar-refractivity contribution in [1.29, 1.82) is 0 Å². The first-order valence-corrected chi connectivity index (χ1v) is 7.68. The molecule has 1 saturated heterocycles. The van der Waals surface area contributed by atoms with Crippen LogP contribution in [0.25, 0.3) is 0 Å². The lowest BCUT2D eigenvalue weighted by atomic mass is 9.90. The summed E-state index contributed by atoms with van der Waals surface area (Å²) in [5.74, 6) is 0.547. The maximum absolute atomic E-state index is 12.8. The standard InChI is InChI=1S/C16H23ClN2O2/c1-11(2)21-14-5-4-12(17)8-13(14)15(20)19-7-6-16(3,9-18)10-19/h4-5,8,11H,6-7,9-10,18H2,1-3H3. The minimum absolute atomic E-state index is 0.00520. The summed E-state index contributed by atoms with van der Waals surface area (Å²) < 4.78 is 5.73. The van der Waals surface area contributed by atoms with Crippen molar-refractivity contribution in [3.05, 3.63) is 28.8 Å². The first-order chi connectivity index (χ1) is 9.84. The van der Waals surface area contributed by atoms with Gasteiger partial charge < -0.3 is 15.4 Å². The Morgan fingerprint density at radius 3 is 2.81 bits per heavy atom. The highest BCUT2D eigenvalue weighted by atomic mass is 35.5. The fraction of sp³-hybridized carbons (Fsp3) is 0.562. The van der Waals surface area contributed by atoms with Crippen LogP contribution in [0, 0.1) is 5.41 Å². The van der Waals surface area contributed by atoms with Crippen molar-refractivity contribution in [1.82, 2.24) is 4.90 Å². The molecule has 1 aromatic carbocycles. The summed E-state index contributed by atoms with van der Waals surface area (Å²) in [7, 11) is 0. The molecule has 2 rings (SSSR count). The molecule has 5 heteroatoms. The van der Waals surface area contributed by atoms with E-state index in [0.29, 0.717) is 29.4 Å². The quantitative estimate of drug-likeness (QED) is 0.930. The normalized spacial score (nSPS) is 21.9. The number of carbonyl (C=O) groups excluding carboxylic acids is 1. The third-order valence-corrected chi connectivity index (χ3v) is 4.11. The molecule has 0 aromatic heterocycles.